The summed E-state index contributed by atoms with van der Waals surface area (Å²) in [5.74, 6) is 0.708. The lowest BCUT2D eigenvalue weighted by Gasteiger charge is -2.05. The van der Waals surface area contributed by atoms with E-state index in [1.165, 1.54) is 0 Å². The molecule has 0 atom stereocenters. The molecule has 0 saturated carbocycles. The molecule has 0 amide bonds. The SMILES string of the molecule is COc1cccc(/C(=N/O)c2ccccn2)c1. The molecule has 2 rings (SSSR count). The van der Waals surface area contributed by atoms with Gasteiger partial charge < -0.3 is 9.94 Å². The van der Waals surface area contributed by atoms with Gasteiger partial charge in [-0.25, -0.2) is 0 Å². The van der Waals surface area contributed by atoms with E-state index in [2.05, 4.69) is 10.1 Å². The average molecular weight is 228 g/mol. The van der Waals surface area contributed by atoms with E-state index >= 15 is 0 Å². The van der Waals surface area contributed by atoms with E-state index in [1.54, 1.807) is 25.4 Å². The first kappa shape index (κ1) is 11.1. The van der Waals surface area contributed by atoms with Crippen LogP contribution >= 0.6 is 0 Å². The lowest BCUT2D eigenvalue weighted by atomic mass is 10.1. The molecule has 1 aromatic heterocycles. The number of aromatic nitrogens is 1. The van der Waals surface area contributed by atoms with Gasteiger partial charge >= 0.3 is 0 Å². The van der Waals surface area contributed by atoms with Crippen molar-refractivity contribution in [2.75, 3.05) is 7.11 Å². The van der Waals surface area contributed by atoms with Crippen LogP contribution in [0, 0.1) is 0 Å². The highest BCUT2D eigenvalue weighted by Crippen LogP contribution is 2.15. The second-order valence-electron chi connectivity index (χ2n) is 3.40. The highest BCUT2D eigenvalue weighted by molar-refractivity contribution is 6.11. The van der Waals surface area contributed by atoms with Gasteiger partial charge in [0.1, 0.15) is 11.5 Å². The second kappa shape index (κ2) is 5.12. The zero-order chi connectivity index (χ0) is 12.1. The summed E-state index contributed by atoms with van der Waals surface area (Å²) >= 11 is 0. The summed E-state index contributed by atoms with van der Waals surface area (Å²) in [6, 6.07) is 12.7. The van der Waals surface area contributed by atoms with Crippen LogP contribution < -0.4 is 4.74 Å². The monoisotopic (exact) mass is 228 g/mol. The number of oxime groups is 1. The minimum Gasteiger partial charge on any atom is -0.497 e. The molecule has 0 aliphatic heterocycles. The number of benzene rings is 1. The molecular weight excluding hydrogens is 216 g/mol. The van der Waals surface area contributed by atoms with E-state index in [9.17, 15) is 0 Å². The lowest BCUT2D eigenvalue weighted by Crippen LogP contribution is -2.05. The molecule has 1 aromatic carbocycles. The fourth-order valence-electron chi connectivity index (χ4n) is 1.53. The summed E-state index contributed by atoms with van der Waals surface area (Å²) in [4.78, 5) is 4.15. The second-order valence-corrected chi connectivity index (χ2v) is 3.40. The number of nitrogens with zero attached hydrogens (tertiary/aromatic N) is 2. The quantitative estimate of drug-likeness (QED) is 0.498. The van der Waals surface area contributed by atoms with Crippen LogP contribution in [0.3, 0.4) is 0 Å². The van der Waals surface area contributed by atoms with E-state index in [1.807, 2.05) is 30.3 Å². The van der Waals surface area contributed by atoms with E-state index in [0.29, 0.717) is 17.2 Å². The molecule has 0 aliphatic rings. The van der Waals surface area contributed by atoms with Crippen molar-refractivity contribution in [3.05, 3.63) is 59.9 Å². The van der Waals surface area contributed by atoms with Gasteiger partial charge in [0.05, 0.1) is 12.8 Å². The first-order valence-electron chi connectivity index (χ1n) is 5.13. The molecule has 0 bridgehead atoms. The van der Waals surface area contributed by atoms with Crippen LogP contribution in [0.15, 0.2) is 53.8 Å². The van der Waals surface area contributed by atoms with Crippen molar-refractivity contribution >= 4 is 5.71 Å². The Bertz CT molecular complexity index is 524. The van der Waals surface area contributed by atoms with Gasteiger partial charge in [-0.05, 0) is 24.3 Å². The highest BCUT2D eigenvalue weighted by atomic mass is 16.5. The van der Waals surface area contributed by atoms with Crippen molar-refractivity contribution in [2.24, 2.45) is 5.16 Å². The molecular formula is C13H12N2O2. The summed E-state index contributed by atoms with van der Waals surface area (Å²) in [6.07, 6.45) is 1.65. The normalized spacial score (nSPS) is 11.2. The third kappa shape index (κ3) is 2.42. The maximum atomic E-state index is 9.10. The van der Waals surface area contributed by atoms with E-state index < -0.39 is 0 Å². The number of rotatable bonds is 3. The van der Waals surface area contributed by atoms with Gasteiger partial charge in [-0.15, -0.1) is 0 Å². The Kier molecular flexibility index (Phi) is 3.35. The number of hydrogen-bond acceptors (Lipinski definition) is 4. The Balaban J connectivity index is 2.43. The summed E-state index contributed by atoms with van der Waals surface area (Å²) in [5.41, 5.74) is 1.79. The van der Waals surface area contributed by atoms with Crippen molar-refractivity contribution in [2.45, 2.75) is 0 Å². The Morgan fingerprint density at radius 2 is 2.12 bits per heavy atom. The first-order valence-corrected chi connectivity index (χ1v) is 5.13. The van der Waals surface area contributed by atoms with Crippen molar-refractivity contribution in [3.8, 4) is 5.75 Å². The maximum Gasteiger partial charge on any atom is 0.135 e. The van der Waals surface area contributed by atoms with E-state index in [0.717, 1.165) is 5.56 Å². The van der Waals surface area contributed by atoms with Crippen LogP contribution in [0.4, 0.5) is 0 Å². The predicted molar refractivity (Wildman–Crippen MR) is 64.7 cm³/mol. The van der Waals surface area contributed by atoms with Gasteiger partial charge in [-0.3, -0.25) is 4.98 Å². The maximum absolute atomic E-state index is 9.10. The van der Waals surface area contributed by atoms with Gasteiger partial charge in [0.2, 0.25) is 0 Å². The summed E-state index contributed by atoms with van der Waals surface area (Å²) < 4.78 is 5.13. The van der Waals surface area contributed by atoms with Crippen LogP contribution in [-0.4, -0.2) is 23.0 Å². The van der Waals surface area contributed by atoms with Crippen LogP contribution in [0.5, 0.6) is 5.75 Å². The number of pyridine rings is 1. The van der Waals surface area contributed by atoms with Crippen molar-refractivity contribution < 1.29 is 9.94 Å². The number of ether oxygens (including phenoxy) is 1. The standard InChI is InChI=1S/C13H12N2O2/c1-17-11-6-4-5-10(9-11)13(15-16)12-7-2-3-8-14-12/h2-9,16H,1H3/b15-13-. The molecule has 2 aromatic rings. The third-order valence-corrected chi connectivity index (χ3v) is 2.35. The molecule has 86 valence electrons. The molecule has 0 saturated heterocycles. The topological polar surface area (TPSA) is 54.7 Å². The van der Waals surface area contributed by atoms with Gasteiger partial charge in [0.15, 0.2) is 0 Å². The average Bonchev–Trinajstić information content (AvgIpc) is 2.41. The number of hydrogen-bond donors (Lipinski definition) is 1. The van der Waals surface area contributed by atoms with Gasteiger partial charge in [-0.1, -0.05) is 23.4 Å². The summed E-state index contributed by atoms with van der Waals surface area (Å²) in [7, 11) is 1.59. The summed E-state index contributed by atoms with van der Waals surface area (Å²) in [5, 5.41) is 12.4. The first-order chi connectivity index (χ1) is 8.35. The Labute approximate surface area is 99.2 Å². The molecule has 1 heterocycles. The van der Waals surface area contributed by atoms with Gasteiger partial charge in [-0.2, -0.15) is 0 Å². The molecule has 0 aliphatic carbocycles. The van der Waals surface area contributed by atoms with Crippen molar-refractivity contribution in [1.82, 2.24) is 4.98 Å². The van der Waals surface area contributed by atoms with Crippen LogP contribution in [0.25, 0.3) is 0 Å². The minimum atomic E-state index is 0.421. The van der Waals surface area contributed by atoms with Crippen molar-refractivity contribution in [3.63, 3.8) is 0 Å². The third-order valence-electron chi connectivity index (χ3n) is 2.35. The molecule has 4 heteroatoms. The van der Waals surface area contributed by atoms with Crippen LogP contribution in [0.2, 0.25) is 0 Å². The van der Waals surface area contributed by atoms with Crippen molar-refractivity contribution in [1.29, 1.82) is 0 Å². The zero-order valence-electron chi connectivity index (χ0n) is 9.37. The minimum absolute atomic E-state index is 0.421. The molecule has 0 spiro atoms. The van der Waals surface area contributed by atoms with E-state index in [4.69, 9.17) is 9.94 Å². The largest absolute Gasteiger partial charge is 0.497 e. The molecule has 17 heavy (non-hydrogen) atoms. The Hall–Kier alpha value is -2.36. The van der Waals surface area contributed by atoms with E-state index in [-0.39, 0.29) is 0 Å². The molecule has 0 unspecified atom stereocenters. The summed E-state index contributed by atoms with van der Waals surface area (Å²) in [6.45, 7) is 0. The number of methoxy groups -OCH3 is 1. The predicted octanol–water partition coefficient (Wildman–Crippen LogP) is 2.32. The fraction of sp³-hybridized carbons (Fsp3) is 0.0769. The Morgan fingerprint density at radius 3 is 2.76 bits per heavy atom. The van der Waals surface area contributed by atoms with Gasteiger partial charge in [0.25, 0.3) is 0 Å². The smallest absolute Gasteiger partial charge is 0.135 e. The fourth-order valence-corrected chi connectivity index (χ4v) is 1.53. The molecule has 4 nitrogen and oxygen atoms in total. The van der Waals surface area contributed by atoms with Crippen LogP contribution in [0.1, 0.15) is 11.3 Å². The lowest BCUT2D eigenvalue weighted by molar-refractivity contribution is 0.319. The highest BCUT2D eigenvalue weighted by Gasteiger charge is 2.09. The van der Waals surface area contributed by atoms with Gasteiger partial charge in [0, 0.05) is 11.8 Å². The zero-order valence-corrected chi connectivity index (χ0v) is 9.37. The molecule has 0 radical (unpaired) electrons. The van der Waals surface area contributed by atoms with Crippen LogP contribution in [-0.2, 0) is 0 Å². The Morgan fingerprint density at radius 1 is 1.24 bits per heavy atom. The molecule has 0 fully saturated rings. The molecule has 1 N–H and O–H groups in total.